The van der Waals surface area contributed by atoms with Crippen molar-refractivity contribution in [2.75, 3.05) is 32.7 Å². The topological polar surface area (TPSA) is 98.8 Å². The van der Waals surface area contributed by atoms with Crippen LogP contribution in [0.3, 0.4) is 0 Å². The van der Waals surface area contributed by atoms with Gasteiger partial charge in [0.2, 0.25) is 15.9 Å². The molecule has 28 heavy (non-hydrogen) atoms. The number of halogens is 1. The summed E-state index contributed by atoms with van der Waals surface area (Å²) in [5.74, 6) is -0.387. The third-order valence-corrected chi connectivity index (χ3v) is 7.21. The Morgan fingerprint density at radius 3 is 2.43 bits per heavy atom. The highest BCUT2D eigenvalue weighted by molar-refractivity contribution is 7.89. The highest BCUT2D eigenvalue weighted by Crippen LogP contribution is 2.21. The number of imide groups is 1. The maximum Gasteiger partial charge on any atom is 0.321 e. The number of rotatable bonds is 5. The summed E-state index contributed by atoms with van der Waals surface area (Å²) in [4.78, 5) is 25.9. The Morgan fingerprint density at radius 1 is 1.11 bits per heavy atom. The summed E-state index contributed by atoms with van der Waals surface area (Å²) in [7, 11) is -3.61. The van der Waals surface area contributed by atoms with Crippen LogP contribution in [0.5, 0.6) is 0 Å². The van der Waals surface area contributed by atoms with Gasteiger partial charge in [0.15, 0.2) is 0 Å². The van der Waals surface area contributed by atoms with E-state index in [9.17, 15) is 18.0 Å². The Kier molecular flexibility index (Phi) is 6.92. The summed E-state index contributed by atoms with van der Waals surface area (Å²) < 4.78 is 26.8. The molecule has 3 rings (SSSR count). The quantitative estimate of drug-likeness (QED) is 0.738. The molecule has 2 fully saturated rings. The minimum Gasteiger partial charge on any atom is -0.335 e. The fourth-order valence-electron chi connectivity index (χ4n) is 3.57. The van der Waals surface area contributed by atoms with E-state index < -0.39 is 16.1 Å². The van der Waals surface area contributed by atoms with Gasteiger partial charge in [-0.3, -0.25) is 15.0 Å². The molecule has 154 valence electrons. The van der Waals surface area contributed by atoms with Crippen molar-refractivity contribution >= 4 is 33.6 Å². The molecule has 8 nitrogen and oxygen atoms in total. The average molecular weight is 429 g/mol. The molecule has 0 bridgehead atoms. The Labute approximate surface area is 170 Å². The summed E-state index contributed by atoms with van der Waals surface area (Å²) in [5.41, 5.74) is 0. The van der Waals surface area contributed by atoms with E-state index in [4.69, 9.17) is 11.6 Å². The largest absolute Gasteiger partial charge is 0.335 e. The lowest BCUT2D eigenvalue weighted by Crippen LogP contribution is -2.52. The van der Waals surface area contributed by atoms with Crippen LogP contribution in [0.2, 0.25) is 5.02 Å². The number of carbonyl (C=O) groups excluding carboxylic acids is 2. The summed E-state index contributed by atoms with van der Waals surface area (Å²) in [6, 6.07) is 5.86. The molecular weight excluding hydrogens is 404 g/mol. The first-order chi connectivity index (χ1) is 13.3. The second kappa shape index (κ2) is 9.21. The number of amides is 3. The molecule has 1 aromatic carbocycles. The van der Waals surface area contributed by atoms with Gasteiger partial charge < -0.3 is 5.32 Å². The van der Waals surface area contributed by atoms with Crippen molar-refractivity contribution in [3.8, 4) is 0 Å². The highest BCUT2D eigenvalue weighted by Gasteiger charge is 2.29. The summed E-state index contributed by atoms with van der Waals surface area (Å²) in [6.07, 6.45) is 4.10. The molecule has 0 radical (unpaired) electrons. The average Bonchev–Trinajstić information content (AvgIpc) is 3.15. The minimum absolute atomic E-state index is 0.0587. The third kappa shape index (κ3) is 5.44. The number of piperazine rings is 1. The van der Waals surface area contributed by atoms with E-state index in [0.29, 0.717) is 18.1 Å². The first-order valence-electron chi connectivity index (χ1n) is 9.43. The van der Waals surface area contributed by atoms with Crippen LogP contribution in [0.4, 0.5) is 4.79 Å². The normalized spacial score (nSPS) is 19.5. The number of hydrogen-bond acceptors (Lipinski definition) is 5. The molecule has 0 spiro atoms. The molecule has 0 unspecified atom stereocenters. The second-order valence-corrected chi connectivity index (χ2v) is 9.51. The van der Waals surface area contributed by atoms with Gasteiger partial charge in [-0.15, -0.1) is 0 Å². The number of benzene rings is 1. The van der Waals surface area contributed by atoms with Crippen molar-refractivity contribution in [1.29, 1.82) is 0 Å². The lowest BCUT2D eigenvalue weighted by molar-refractivity contribution is -0.121. The molecule has 1 saturated carbocycles. The van der Waals surface area contributed by atoms with Gasteiger partial charge in [-0.2, -0.15) is 4.31 Å². The Hall–Kier alpha value is -1.68. The van der Waals surface area contributed by atoms with Crippen LogP contribution in [0.25, 0.3) is 0 Å². The monoisotopic (exact) mass is 428 g/mol. The lowest BCUT2D eigenvalue weighted by Gasteiger charge is -2.33. The van der Waals surface area contributed by atoms with Crippen LogP contribution in [0.15, 0.2) is 29.2 Å². The number of hydrogen-bond donors (Lipinski definition) is 2. The molecule has 0 aromatic heterocycles. The molecule has 1 aromatic rings. The zero-order valence-electron chi connectivity index (χ0n) is 15.6. The van der Waals surface area contributed by atoms with Gasteiger partial charge in [-0.25, -0.2) is 13.2 Å². The van der Waals surface area contributed by atoms with Crippen LogP contribution in [0.1, 0.15) is 25.7 Å². The van der Waals surface area contributed by atoms with E-state index in [1.54, 1.807) is 12.1 Å². The summed E-state index contributed by atoms with van der Waals surface area (Å²) in [6.45, 7) is 1.44. The second-order valence-electron chi connectivity index (χ2n) is 7.14. The van der Waals surface area contributed by atoms with Crippen LogP contribution in [0, 0.1) is 0 Å². The number of nitrogens with zero attached hydrogens (tertiary/aromatic N) is 2. The smallest absolute Gasteiger partial charge is 0.321 e. The molecule has 1 saturated heterocycles. The van der Waals surface area contributed by atoms with Gasteiger partial charge in [-0.1, -0.05) is 30.5 Å². The standard InChI is InChI=1S/C18H25ClN4O4S/c19-14-4-3-7-16(12-14)28(26,27)23-10-8-22(9-11-23)13-17(24)21-18(25)20-15-5-1-2-6-15/h3-4,7,12,15H,1-2,5-6,8-11,13H2,(H2,20,21,24,25). The van der Waals surface area contributed by atoms with Crippen LogP contribution >= 0.6 is 11.6 Å². The lowest BCUT2D eigenvalue weighted by atomic mass is 10.2. The molecular formula is C18H25ClN4O4S. The van der Waals surface area contributed by atoms with Crippen molar-refractivity contribution in [2.45, 2.75) is 36.6 Å². The van der Waals surface area contributed by atoms with Gasteiger partial charge in [0.25, 0.3) is 0 Å². The molecule has 0 atom stereocenters. The van der Waals surface area contributed by atoms with E-state index >= 15 is 0 Å². The number of carbonyl (C=O) groups is 2. The first-order valence-corrected chi connectivity index (χ1v) is 11.2. The SMILES string of the molecule is O=C(CN1CCN(S(=O)(=O)c2cccc(Cl)c2)CC1)NC(=O)NC1CCCC1. The summed E-state index contributed by atoms with van der Waals surface area (Å²) in [5, 5.41) is 5.53. The van der Waals surface area contributed by atoms with Crippen LogP contribution in [-0.2, 0) is 14.8 Å². The zero-order chi connectivity index (χ0) is 20.1. The van der Waals surface area contributed by atoms with Gasteiger partial charge in [-0.05, 0) is 31.0 Å². The first kappa shape index (κ1) is 21.0. The highest BCUT2D eigenvalue weighted by atomic mass is 35.5. The van der Waals surface area contributed by atoms with E-state index in [0.717, 1.165) is 25.7 Å². The van der Waals surface area contributed by atoms with E-state index in [1.807, 2.05) is 4.90 Å². The molecule has 1 aliphatic carbocycles. The minimum atomic E-state index is -3.61. The summed E-state index contributed by atoms with van der Waals surface area (Å²) >= 11 is 5.90. The molecule has 1 aliphatic heterocycles. The Bertz CT molecular complexity index is 819. The molecule has 2 aliphatic rings. The van der Waals surface area contributed by atoms with E-state index in [2.05, 4.69) is 10.6 Å². The van der Waals surface area contributed by atoms with E-state index in [1.165, 1.54) is 16.4 Å². The Balaban J connectivity index is 1.45. The fourth-order valence-corrected chi connectivity index (χ4v) is 5.29. The van der Waals surface area contributed by atoms with Crippen LogP contribution in [-0.4, -0.2) is 68.3 Å². The van der Waals surface area contributed by atoms with Gasteiger partial charge in [0.05, 0.1) is 11.4 Å². The third-order valence-electron chi connectivity index (χ3n) is 5.08. The number of urea groups is 1. The molecule has 1 heterocycles. The molecule has 10 heteroatoms. The van der Waals surface area contributed by atoms with Crippen LogP contribution < -0.4 is 10.6 Å². The maximum atomic E-state index is 12.7. The van der Waals surface area contributed by atoms with Gasteiger partial charge in [0.1, 0.15) is 0 Å². The van der Waals surface area contributed by atoms with Crippen molar-refractivity contribution in [2.24, 2.45) is 0 Å². The van der Waals surface area contributed by atoms with Gasteiger partial charge >= 0.3 is 6.03 Å². The predicted molar refractivity (Wildman–Crippen MR) is 106 cm³/mol. The fraction of sp³-hybridized carbons (Fsp3) is 0.556. The number of nitrogens with one attached hydrogen (secondary N) is 2. The van der Waals surface area contributed by atoms with Crippen molar-refractivity contribution in [1.82, 2.24) is 19.8 Å². The molecule has 2 N–H and O–H groups in total. The van der Waals surface area contributed by atoms with E-state index in [-0.39, 0.29) is 36.5 Å². The molecule has 3 amide bonds. The maximum absolute atomic E-state index is 12.7. The Morgan fingerprint density at radius 2 is 1.79 bits per heavy atom. The van der Waals surface area contributed by atoms with Crippen molar-refractivity contribution in [3.05, 3.63) is 29.3 Å². The van der Waals surface area contributed by atoms with Gasteiger partial charge in [0, 0.05) is 37.2 Å². The predicted octanol–water partition coefficient (Wildman–Crippen LogP) is 1.41. The van der Waals surface area contributed by atoms with Crippen molar-refractivity contribution in [3.63, 3.8) is 0 Å². The zero-order valence-corrected chi connectivity index (χ0v) is 17.1. The van der Waals surface area contributed by atoms with Crippen molar-refractivity contribution < 1.29 is 18.0 Å². The number of sulfonamides is 1.